The first kappa shape index (κ1) is 22.7. The molecule has 0 aliphatic carbocycles. The van der Waals surface area contributed by atoms with Gasteiger partial charge < -0.3 is 14.9 Å². The van der Waals surface area contributed by atoms with Crippen molar-refractivity contribution in [2.24, 2.45) is 0 Å². The van der Waals surface area contributed by atoms with Gasteiger partial charge >= 0.3 is 0 Å². The third-order valence-electron chi connectivity index (χ3n) is 5.67. The summed E-state index contributed by atoms with van der Waals surface area (Å²) in [5, 5.41) is 13.1. The van der Waals surface area contributed by atoms with Gasteiger partial charge in [0.25, 0.3) is 11.7 Å². The maximum absolute atomic E-state index is 13.1. The zero-order valence-corrected chi connectivity index (χ0v) is 20.1. The Balaban J connectivity index is 2.10. The number of Topliss-reactive ketones (excluding diaryl/α,β-unsaturated/α-hetero) is 1. The second-order valence-electron chi connectivity index (χ2n) is 7.45. The number of aryl methyl sites for hydroxylation is 2. The topological polar surface area (TPSA) is 60.9 Å². The maximum atomic E-state index is 13.1. The molecule has 0 spiro atoms. The molecule has 2 heterocycles. The summed E-state index contributed by atoms with van der Waals surface area (Å²) in [6.07, 6.45) is 0. The van der Waals surface area contributed by atoms with E-state index in [9.17, 15) is 14.7 Å². The number of halogens is 1. The highest BCUT2D eigenvalue weighted by atomic mass is 79.9. The molecule has 1 aliphatic rings. The van der Waals surface area contributed by atoms with Crippen molar-refractivity contribution in [1.29, 1.82) is 0 Å². The Morgan fingerprint density at radius 1 is 1.17 bits per heavy atom. The first-order valence-corrected chi connectivity index (χ1v) is 11.8. The van der Waals surface area contributed by atoms with Gasteiger partial charge in [0.2, 0.25) is 0 Å². The molecule has 0 bridgehead atoms. The lowest BCUT2D eigenvalue weighted by Crippen LogP contribution is -2.37. The van der Waals surface area contributed by atoms with Crippen molar-refractivity contribution >= 4 is 44.7 Å². The number of benzene rings is 1. The van der Waals surface area contributed by atoms with Gasteiger partial charge in [-0.15, -0.1) is 11.3 Å². The Labute approximate surface area is 190 Å². The standard InChI is InChI=1S/C23H27BrN2O3S/c1-5-25(6-2)10-11-26-19(22-14(3)9-12-30-22)18(21(28)23(26)29)20(27)16-7-8-17(24)15(4)13-16/h7-9,12-13,19,27H,5-6,10-11H2,1-4H3/b20-18-. The number of thiophene rings is 1. The Morgan fingerprint density at radius 2 is 1.87 bits per heavy atom. The summed E-state index contributed by atoms with van der Waals surface area (Å²) in [5.41, 5.74) is 2.67. The number of likely N-dealkylation sites (tertiary alicyclic amines) is 1. The molecular formula is C23H27BrN2O3S. The van der Waals surface area contributed by atoms with Crippen LogP contribution in [0.3, 0.4) is 0 Å². The first-order valence-electron chi connectivity index (χ1n) is 10.1. The lowest BCUT2D eigenvalue weighted by Gasteiger charge is -2.27. The van der Waals surface area contributed by atoms with Crippen LogP contribution in [0, 0.1) is 13.8 Å². The molecule has 1 fully saturated rings. The van der Waals surface area contributed by atoms with Crippen LogP contribution >= 0.6 is 27.3 Å². The van der Waals surface area contributed by atoms with Crippen molar-refractivity contribution in [3.63, 3.8) is 0 Å². The number of carbonyl (C=O) groups excluding carboxylic acids is 2. The van der Waals surface area contributed by atoms with Crippen LogP contribution in [0.15, 0.2) is 39.7 Å². The average Bonchev–Trinajstić information content (AvgIpc) is 3.25. The quantitative estimate of drug-likeness (QED) is 0.340. The summed E-state index contributed by atoms with van der Waals surface area (Å²) in [4.78, 5) is 30.8. The number of likely N-dealkylation sites (N-methyl/N-ethyl adjacent to an activating group) is 1. The van der Waals surface area contributed by atoms with E-state index in [1.807, 2.05) is 37.4 Å². The van der Waals surface area contributed by atoms with Crippen LogP contribution in [0.5, 0.6) is 0 Å². The molecule has 1 unspecified atom stereocenters. The minimum absolute atomic E-state index is 0.118. The number of ketones is 1. The van der Waals surface area contributed by atoms with Gasteiger partial charge in [0.15, 0.2) is 0 Å². The number of hydrogen-bond donors (Lipinski definition) is 1. The van der Waals surface area contributed by atoms with Gasteiger partial charge in [0.05, 0.1) is 11.6 Å². The molecule has 1 atom stereocenters. The van der Waals surface area contributed by atoms with E-state index in [2.05, 4.69) is 34.7 Å². The van der Waals surface area contributed by atoms with Crippen molar-refractivity contribution in [3.05, 3.63) is 61.3 Å². The monoisotopic (exact) mass is 490 g/mol. The average molecular weight is 491 g/mol. The number of aliphatic hydroxyl groups excluding tert-OH is 1. The minimum Gasteiger partial charge on any atom is -0.507 e. The largest absolute Gasteiger partial charge is 0.507 e. The molecule has 1 aromatic carbocycles. The van der Waals surface area contributed by atoms with Crippen molar-refractivity contribution < 1.29 is 14.7 Å². The molecule has 7 heteroatoms. The molecule has 0 radical (unpaired) electrons. The third kappa shape index (κ3) is 4.24. The van der Waals surface area contributed by atoms with E-state index in [-0.39, 0.29) is 11.3 Å². The highest BCUT2D eigenvalue weighted by molar-refractivity contribution is 9.10. The predicted octanol–water partition coefficient (Wildman–Crippen LogP) is 4.89. The van der Waals surface area contributed by atoms with Gasteiger partial charge in [0, 0.05) is 28.0 Å². The van der Waals surface area contributed by atoms with E-state index in [0.29, 0.717) is 18.7 Å². The molecule has 1 amide bonds. The SMILES string of the molecule is CCN(CC)CCN1C(=O)C(=O)/C(=C(\O)c2ccc(Br)c(C)c2)C1c1sccc1C. The Morgan fingerprint density at radius 3 is 2.43 bits per heavy atom. The second kappa shape index (κ2) is 9.45. The number of amides is 1. The van der Waals surface area contributed by atoms with E-state index >= 15 is 0 Å². The molecule has 1 aromatic heterocycles. The summed E-state index contributed by atoms with van der Waals surface area (Å²) in [7, 11) is 0. The van der Waals surface area contributed by atoms with Crippen LogP contribution in [0.2, 0.25) is 0 Å². The van der Waals surface area contributed by atoms with Crippen LogP contribution in [-0.4, -0.2) is 52.8 Å². The minimum atomic E-state index is -0.620. The molecule has 160 valence electrons. The van der Waals surface area contributed by atoms with E-state index in [1.54, 1.807) is 11.0 Å². The fourth-order valence-corrected chi connectivity index (χ4v) is 5.08. The summed E-state index contributed by atoms with van der Waals surface area (Å²) >= 11 is 4.97. The van der Waals surface area contributed by atoms with Crippen LogP contribution in [0.1, 0.15) is 41.5 Å². The molecule has 0 saturated carbocycles. The van der Waals surface area contributed by atoms with Gasteiger partial charge in [-0.1, -0.05) is 35.8 Å². The van der Waals surface area contributed by atoms with Crippen molar-refractivity contribution in [3.8, 4) is 0 Å². The molecule has 1 N–H and O–H groups in total. The van der Waals surface area contributed by atoms with E-state index in [4.69, 9.17) is 0 Å². The lowest BCUT2D eigenvalue weighted by molar-refractivity contribution is -0.140. The van der Waals surface area contributed by atoms with E-state index < -0.39 is 17.7 Å². The Kier molecular flexibility index (Phi) is 7.16. The normalized spacial score (nSPS) is 18.6. The molecule has 2 aromatic rings. The molecule has 5 nitrogen and oxygen atoms in total. The fourth-order valence-electron chi connectivity index (χ4n) is 3.78. The van der Waals surface area contributed by atoms with Gasteiger partial charge in [-0.25, -0.2) is 0 Å². The van der Waals surface area contributed by atoms with Crippen molar-refractivity contribution in [1.82, 2.24) is 9.80 Å². The number of hydrogen-bond acceptors (Lipinski definition) is 5. The first-order chi connectivity index (χ1) is 14.3. The number of carbonyl (C=O) groups is 2. The zero-order chi connectivity index (χ0) is 22.0. The van der Waals surface area contributed by atoms with Crippen molar-refractivity contribution in [2.45, 2.75) is 33.7 Å². The van der Waals surface area contributed by atoms with Gasteiger partial charge in [-0.3, -0.25) is 9.59 Å². The van der Waals surface area contributed by atoms with Crippen LogP contribution in [-0.2, 0) is 9.59 Å². The smallest absolute Gasteiger partial charge is 0.295 e. The molecule has 30 heavy (non-hydrogen) atoms. The summed E-state index contributed by atoms with van der Waals surface area (Å²) < 4.78 is 0.921. The van der Waals surface area contributed by atoms with Gasteiger partial charge in [-0.2, -0.15) is 0 Å². The summed E-state index contributed by atoms with van der Waals surface area (Å²) in [6.45, 7) is 10.9. The molecule has 1 aliphatic heterocycles. The Hall–Kier alpha value is -1.96. The van der Waals surface area contributed by atoms with Gasteiger partial charge in [0.1, 0.15) is 5.76 Å². The van der Waals surface area contributed by atoms with Gasteiger partial charge in [-0.05, 0) is 61.6 Å². The van der Waals surface area contributed by atoms with E-state index in [0.717, 1.165) is 33.6 Å². The molecule has 3 rings (SSSR count). The predicted molar refractivity (Wildman–Crippen MR) is 125 cm³/mol. The lowest BCUT2D eigenvalue weighted by atomic mass is 9.98. The molecular weight excluding hydrogens is 464 g/mol. The highest BCUT2D eigenvalue weighted by Crippen LogP contribution is 2.42. The highest BCUT2D eigenvalue weighted by Gasteiger charge is 2.46. The summed E-state index contributed by atoms with van der Waals surface area (Å²) in [5.74, 6) is -1.28. The third-order valence-corrected chi connectivity index (χ3v) is 7.63. The number of nitrogens with zero attached hydrogens (tertiary/aromatic N) is 2. The second-order valence-corrected chi connectivity index (χ2v) is 9.25. The Bertz CT molecular complexity index is 994. The van der Waals surface area contributed by atoms with Crippen LogP contribution < -0.4 is 0 Å². The number of aliphatic hydroxyl groups is 1. The van der Waals surface area contributed by atoms with E-state index in [1.165, 1.54) is 11.3 Å². The fraction of sp³-hybridized carbons (Fsp3) is 0.391. The maximum Gasteiger partial charge on any atom is 0.295 e. The van der Waals surface area contributed by atoms with Crippen LogP contribution in [0.4, 0.5) is 0 Å². The summed E-state index contributed by atoms with van der Waals surface area (Å²) in [6, 6.07) is 6.83. The van der Waals surface area contributed by atoms with Crippen molar-refractivity contribution in [2.75, 3.05) is 26.2 Å². The zero-order valence-electron chi connectivity index (χ0n) is 17.7. The van der Waals surface area contributed by atoms with Crippen LogP contribution in [0.25, 0.3) is 5.76 Å². The molecule has 1 saturated heterocycles. The number of rotatable bonds is 7.